The van der Waals surface area contributed by atoms with E-state index in [4.69, 9.17) is 5.73 Å². The summed E-state index contributed by atoms with van der Waals surface area (Å²) in [6, 6.07) is 7.42. The largest absolute Gasteiger partial charge is 0.370 e. The van der Waals surface area contributed by atoms with Crippen molar-refractivity contribution in [2.24, 2.45) is 5.73 Å². The zero-order chi connectivity index (χ0) is 13.1. The van der Waals surface area contributed by atoms with Gasteiger partial charge in [0.05, 0.1) is 0 Å². The molecule has 1 aromatic rings. The van der Waals surface area contributed by atoms with Gasteiger partial charge in [0.25, 0.3) is 0 Å². The highest BCUT2D eigenvalue weighted by Crippen LogP contribution is 2.24. The summed E-state index contributed by atoms with van der Waals surface area (Å²) in [6.45, 7) is 8.37. The minimum absolute atomic E-state index is 0.648. The molecule has 1 atom stereocenters. The van der Waals surface area contributed by atoms with Gasteiger partial charge >= 0.3 is 0 Å². The van der Waals surface area contributed by atoms with Gasteiger partial charge in [0, 0.05) is 37.9 Å². The highest BCUT2D eigenvalue weighted by Gasteiger charge is 2.25. The Hall–Kier alpha value is -1.06. The van der Waals surface area contributed by atoms with Gasteiger partial charge in [-0.2, -0.15) is 0 Å². The maximum absolute atomic E-state index is 5.62. The summed E-state index contributed by atoms with van der Waals surface area (Å²) in [5.74, 6) is 0. The Morgan fingerprint density at radius 2 is 2.11 bits per heavy atom. The summed E-state index contributed by atoms with van der Waals surface area (Å²) < 4.78 is 0. The summed E-state index contributed by atoms with van der Waals surface area (Å²) in [4.78, 5) is 4.88. The lowest BCUT2D eigenvalue weighted by molar-refractivity contribution is 0.266. The van der Waals surface area contributed by atoms with Crippen molar-refractivity contribution in [1.29, 1.82) is 0 Å². The van der Waals surface area contributed by atoms with Crippen molar-refractivity contribution in [3.8, 4) is 0 Å². The van der Waals surface area contributed by atoms with Crippen LogP contribution >= 0.6 is 0 Å². The maximum atomic E-state index is 5.62. The Morgan fingerprint density at radius 1 is 1.33 bits per heavy atom. The average Bonchev–Trinajstić information content (AvgIpc) is 2.82. The minimum atomic E-state index is 0.648. The van der Waals surface area contributed by atoms with Crippen molar-refractivity contribution < 1.29 is 0 Å². The molecule has 0 aromatic heterocycles. The zero-order valence-electron chi connectivity index (χ0n) is 11.8. The molecule has 1 saturated heterocycles. The van der Waals surface area contributed by atoms with Gasteiger partial charge < -0.3 is 15.5 Å². The molecule has 1 unspecified atom stereocenters. The second-order valence-corrected chi connectivity index (χ2v) is 5.43. The quantitative estimate of drug-likeness (QED) is 0.880. The Kier molecular flexibility index (Phi) is 4.25. The molecule has 0 radical (unpaired) electrons. The highest BCUT2D eigenvalue weighted by atomic mass is 15.2. The lowest BCUT2D eigenvalue weighted by Crippen LogP contribution is -2.37. The van der Waals surface area contributed by atoms with Gasteiger partial charge in [0.2, 0.25) is 0 Å². The summed E-state index contributed by atoms with van der Waals surface area (Å²) in [5.41, 5.74) is 9.74. The molecule has 1 fully saturated rings. The fourth-order valence-corrected chi connectivity index (χ4v) is 2.64. The predicted octanol–water partition coefficient (Wildman–Crippen LogP) is 1.77. The number of hydrogen-bond acceptors (Lipinski definition) is 3. The van der Waals surface area contributed by atoms with Crippen molar-refractivity contribution in [3.63, 3.8) is 0 Å². The molecule has 0 aliphatic carbocycles. The lowest BCUT2D eigenvalue weighted by Gasteiger charge is -2.25. The smallest absolute Gasteiger partial charge is 0.0369 e. The van der Waals surface area contributed by atoms with Crippen LogP contribution in [0.3, 0.4) is 0 Å². The normalized spacial score (nSPS) is 19.8. The first kappa shape index (κ1) is 13.4. The summed E-state index contributed by atoms with van der Waals surface area (Å²) in [6.07, 6.45) is 1.24. The van der Waals surface area contributed by atoms with Crippen LogP contribution in [-0.4, -0.2) is 44.2 Å². The molecule has 1 aliphatic rings. The van der Waals surface area contributed by atoms with Gasteiger partial charge in [0.1, 0.15) is 0 Å². The molecule has 1 aromatic carbocycles. The molecule has 0 spiro atoms. The van der Waals surface area contributed by atoms with Gasteiger partial charge in [0.15, 0.2) is 0 Å². The van der Waals surface area contributed by atoms with E-state index in [1.165, 1.54) is 23.2 Å². The van der Waals surface area contributed by atoms with Crippen LogP contribution in [0.2, 0.25) is 0 Å². The van der Waals surface area contributed by atoms with E-state index in [1.54, 1.807) is 0 Å². The summed E-state index contributed by atoms with van der Waals surface area (Å²) >= 11 is 0. The summed E-state index contributed by atoms with van der Waals surface area (Å²) in [5, 5.41) is 0. The fraction of sp³-hybridized carbons (Fsp3) is 0.600. The number of likely N-dealkylation sites (N-methyl/N-ethyl adjacent to an activating group) is 1. The van der Waals surface area contributed by atoms with Crippen LogP contribution in [0.4, 0.5) is 5.69 Å². The van der Waals surface area contributed by atoms with Gasteiger partial charge in [-0.3, -0.25) is 0 Å². The molecule has 1 aliphatic heterocycles. The van der Waals surface area contributed by atoms with Crippen molar-refractivity contribution >= 4 is 5.69 Å². The molecular formula is C15H25N3. The Labute approximate surface area is 111 Å². The lowest BCUT2D eigenvalue weighted by atomic mass is 10.1. The minimum Gasteiger partial charge on any atom is -0.370 e. The third kappa shape index (κ3) is 2.85. The second kappa shape index (κ2) is 5.72. The first-order chi connectivity index (χ1) is 8.61. The van der Waals surface area contributed by atoms with Crippen LogP contribution in [0.15, 0.2) is 18.2 Å². The number of nitrogens with two attached hydrogens (primary N) is 1. The average molecular weight is 247 g/mol. The molecule has 100 valence electrons. The fourth-order valence-electron chi connectivity index (χ4n) is 2.64. The van der Waals surface area contributed by atoms with Crippen molar-refractivity contribution in [2.45, 2.75) is 26.3 Å². The third-order valence-electron chi connectivity index (χ3n) is 4.12. The van der Waals surface area contributed by atoms with E-state index < -0.39 is 0 Å². The number of benzene rings is 1. The predicted molar refractivity (Wildman–Crippen MR) is 78.2 cm³/mol. The van der Waals surface area contributed by atoms with Crippen LogP contribution in [0.25, 0.3) is 0 Å². The first-order valence-corrected chi connectivity index (χ1v) is 6.84. The van der Waals surface area contributed by atoms with Gasteiger partial charge in [-0.25, -0.2) is 0 Å². The standard InChI is InChI=1S/C15H25N3/c1-12-4-5-14(10-13(12)2)18-8-6-15(11-18)17(3)9-7-16/h4-5,10,15H,6-9,11,16H2,1-3H3. The number of aryl methyl sites for hydroxylation is 2. The molecule has 0 bridgehead atoms. The van der Waals surface area contributed by atoms with E-state index in [1.807, 2.05) is 0 Å². The van der Waals surface area contributed by atoms with E-state index in [2.05, 4.69) is 48.9 Å². The van der Waals surface area contributed by atoms with Crippen LogP contribution in [0.1, 0.15) is 17.5 Å². The van der Waals surface area contributed by atoms with Crippen molar-refractivity contribution in [2.75, 3.05) is 38.1 Å². The molecule has 3 heteroatoms. The van der Waals surface area contributed by atoms with Crippen LogP contribution in [-0.2, 0) is 0 Å². The Balaban J connectivity index is 2.01. The molecule has 3 nitrogen and oxygen atoms in total. The molecule has 2 N–H and O–H groups in total. The Bertz CT molecular complexity index is 403. The number of rotatable bonds is 4. The summed E-state index contributed by atoms with van der Waals surface area (Å²) in [7, 11) is 2.18. The van der Waals surface area contributed by atoms with Crippen molar-refractivity contribution in [3.05, 3.63) is 29.3 Å². The van der Waals surface area contributed by atoms with E-state index in [0.29, 0.717) is 6.04 Å². The molecule has 1 heterocycles. The van der Waals surface area contributed by atoms with Crippen LogP contribution in [0, 0.1) is 13.8 Å². The highest BCUT2D eigenvalue weighted by molar-refractivity contribution is 5.51. The number of anilines is 1. The molecule has 2 rings (SSSR count). The SMILES string of the molecule is Cc1ccc(N2CCC(N(C)CCN)C2)cc1C. The molecular weight excluding hydrogens is 222 g/mol. The Morgan fingerprint density at radius 3 is 2.78 bits per heavy atom. The van der Waals surface area contributed by atoms with Crippen LogP contribution < -0.4 is 10.6 Å². The van der Waals surface area contributed by atoms with E-state index >= 15 is 0 Å². The van der Waals surface area contributed by atoms with Gasteiger partial charge in [-0.15, -0.1) is 0 Å². The molecule has 0 amide bonds. The van der Waals surface area contributed by atoms with Crippen molar-refractivity contribution in [1.82, 2.24) is 4.90 Å². The monoisotopic (exact) mass is 247 g/mol. The molecule has 18 heavy (non-hydrogen) atoms. The van der Waals surface area contributed by atoms with E-state index in [0.717, 1.165) is 26.2 Å². The maximum Gasteiger partial charge on any atom is 0.0369 e. The third-order valence-corrected chi connectivity index (χ3v) is 4.12. The molecule has 0 saturated carbocycles. The van der Waals surface area contributed by atoms with Gasteiger partial charge in [-0.05, 0) is 50.6 Å². The number of hydrogen-bond donors (Lipinski definition) is 1. The topological polar surface area (TPSA) is 32.5 Å². The first-order valence-electron chi connectivity index (χ1n) is 6.84. The number of nitrogens with zero attached hydrogens (tertiary/aromatic N) is 2. The second-order valence-electron chi connectivity index (χ2n) is 5.43. The van der Waals surface area contributed by atoms with E-state index in [9.17, 15) is 0 Å². The van der Waals surface area contributed by atoms with Crippen LogP contribution in [0.5, 0.6) is 0 Å². The zero-order valence-corrected chi connectivity index (χ0v) is 11.8. The van der Waals surface area contributed by atoms with Gasteiger partial charge in [-0.1, -0.05) is 6.07 Å². The van der Waals surface area contributed by atoms with E-state index in [-0.39, 0.29) is 0 Å².